The van der Waals surface area contributed by atoms with Crippen molar-refractivity contribution in [1.82, 2.24) is 0 Å². The molecule has 0 aliphatic heterocycles. The number of thiophene rings is 1. The Morgan fingerprint density at radius 2 is 2.04 bits per heavy atom. The highest BCUT2D eigenvalue weighted by Gasteiger charge is 2.31. The molecule has 0 bridgehead atoms. The number of rotatable bonds is 3. The molecule has 0 saturated carbocycles. The fraction of sp³-hybridized carbons (Fsp3) is 0.250. The molecule has 1 atom stereocenters. The molecule has 4 rings (SSSR count). The van der Waals surface area contributed by atoms with Crippen LogP contribution in [-0.2, 0) is 6.42 Å². The molecule has 0 amide bonds. The molecule has 0 saturated heterocycles. The first kappa shape index (κ1) is 15.6. The van der Waals surface area contributed by atoms with E-state index in [1.807, 2.05) is 12.1 Å². The lowest BCUT2D eigenvalue weighted by Gasteiger charge is -2.18. The van der Waals surface area contributed by atoms with Crippen molar-refractivity contribution in [2.45, 2.75) is 23.7 Å². The highest BCUT2D eigenvalue weighted by Crippen LogP contribution is 2.49. The summed E-state index contributed by atoms with van der Waals surface area (Å²) in [6.45, 7) is 0. The van der Waals surface area contributed by atoms with Crippen LogP contribution < -0.4 is 4.74 Å². The van der Waals surface area contributed by atoms with Crippen LogP contribution in [0, 0.1) is 11.3 Å². The number of methoxy groups -OCH3 is 1. The van der Waals surface area contributed by atoms with Crippen LogP contribution in [0.3, 0.4) is 0 Å². The number of nitrogens with zero attached hydrogens (tertiary/aromatic N) is 1. The van der Waals surface area contributed by atoms with Gasteiger partial charge in [0, 0.05) is 10.8 Å². The minimum absolute atomic E-state index is 0.366. The second-order valence-corrected chi connectivity index (χ2v) is 7.67. The molecule has 0 fully saturated rings. The second kappa shape index (κ2) is 6.16. The summed E-state index contributed by atoms with van der Waals surface area (Å²) in [4.78, 5) is 1.17. The first-order valence-electron chi connectivity index (χ1n) is 7.92. The Labute approximate surface area is 150 Å². The van der Waals surface area contributed by atoms with E-state index in [1.54, 1.807) is 30.2 Å². The van der Waals surface area contributed by atoms with Gasteiger partial charge in [0.25, 0.3) is 0 Å². The van der Waals surface area contributed by atoms with Gasteiger partial charge in [-0.05, 0) is 64.8 Å². The minimum Gasteiger partial charge on any atom is -0.497 e. The molecule has 2 aromatic carbocycles. The highest BCUT2D eigenvalue weighted by molar-refractivity contribution is 7.98. The average Bonchev–Trinajstić information content (AvgIpc) is 3.27. The Morgan fingerprint density at radius 1 is 1.25 bits per heavy atom. The third kappa shape index (κ3) is 2.23. The monoisotopic (exact) mass is 351 g/mol. The van der Waals surface area contributed by atoms with Crippen molar-refractivity contribution in [3.05, 3.63) is 58.0 Å². The Bertz CT molecular complexity index is 950. The van der Waals surface area contributed by atoms with Crippen LogP contribution >= 0.6 is 23.1 Å². The number of benzene rings is 2. The van der Waals surface area contributed by atoms with Crippen molar-refractivity contribution in [2.24, 2.45) is 0 Å². The van der Waals surface area contributed by atoms with E-state index in [-0.39, 0.29) is 0 Å². The molecule has 2 nitrogen and oxygen atoms in total. The molecule has 1 aliphatic carbocycles. The lowest BCUT2D eigenvalue weighted by Crippen LogP contribution is -2.00. The Hall–Kier alpha value is -1.96. The van der Waals surface area contributed by atoms with Gasteiger partial charge in [-0.25, -0.2) is 0 Å². The van der Waals surface area contributed by atoms with Gasteiger partial charge in [0.2, 0.25) is 0 Å². The van der Waals surface area contributed by atoms with Crippen LogP contribution in [0.4, 0.5) is 0 Å². The number of hydrogen-bond acceptors (Lipinski definition) is 4. The maximum absolute atomic E-state index is 9.75. The smallest absolute Gasteiger partial charge is 0.118 e. The third-order valence-electron chi connectivity index (χ3n) is 4.88. The van der Waals surface area contributed by atoms with Crippen molar-refractivity contribution in [2.75, 3.05) is 13.4 Å². The standard InChI is InChI=1S/C20H17NOS2/c1-22-13-5-3-12(4-6-13)14-7-8-15-16-9-10-24-19(16)17(11-21)20(23-2)18(14)15/h3-6,9-10,14H,7-8H2,1-2H3. The Balaban J connectivity index is 1.94. The van der Waals surface area contributed by atoms with Gasteiger partial charge in [-0.1, -0.05) is 12.1 Å². The van der Waals surface area contributed by atoms with Crippen LogP contribution in [0.15, 0.2) is 40.6 Å². The predicted octanol–water partition coefficient (Wildman–Crippen LogP) is 5.58. The molecule has 0 spiro atoms. The maximum Gasteiger partial charge on any atom is 0.118 e. The maximum atomic E-state index is 9.75. The summed E-state index contributed by atoms with van der Waals surface area (Å²) >= 11 is 3.39. The summed E-state index contributed by atoms with van der Waals surface area (Å²) in [5, 5.41) is 13.1. The predicted molar refractivity (Wildman–Crippen MR) is 101 cm³/mol. The molecular formula is C20H17NOS2. The molecule has 24 heavy (non-hydrogen) atoms. The topological polar surface area (TPSA) is 33.0 Å². The highest BCUT2D eigenvalue weighted by atomic mass is 32.2. The molecule has 1 unspecified atom stereocenters. The number of nitriles is 1. The van der Waals surface area contributed by atoms with Gasteiger partial charge in [-0.3, -0.25) is 0 Å². The molecule has 1 heterocycles. The summed E-state index contributed by atoms with van der Waals surface area (Å²) < 4.78 is 6.43. The third-order valence-corrected chi connectivity index (χ3v) is 6.64. The lowest BCUT2D eigenvalue weighted by molar-refractivity contribution is 0.414. The van der Waals surface area contributed by atoms with Gasteiger partial charge >= 0.3 is 0 Å². The summed E-state index contributed by atoms with van der Waals surface area (Å²) in [7, 11) is 1.69. The van der Waals surface area contributed by atoms with Crippen molar-refractivity contribution in [3.8, 4) is 11.8 Å². The number of fused-ring (bicyclic) bond motifs is 3. The molecule has 120 valence electrons. The SMILES string of the molecule is COc1ccc(C2CCc3c2c(SC)c(C#N)c2sccc32)cc1. The zero-order valence-corrected chi connectivity index (χ0v) is 15.3. The molecule has 0 N–H and O–H groups in total. The zero-order valence-electron chi connectivity index (χ0n) is 13.6. The van der Waals surface area contributed by atoms with E-state index in [2.05, 4.69) is 35.9 Å². The van der Waals surface area contributed by atoms with Crippen LogP contribution in [0.5, 0.6) is 5.75 Å². The number of hydrogen-bond donors (Lipinski definition) is 0. The largest absolute Gasteiger partial charge is 0.497 e. The van der Waals surface area contributed by atoms with Gasteiger partial charge in [-0.15, -0.1) is 23.1 Å². The molecular weight excluding hydrogens is 334 g/mol. The van der Waals surface area contributed by atoms with Gasteiger partial charge in [-0.2, -0.15) is 5.26 Å². The first-order valence-corrected chi connectivity index (χ1v) is 10.0. The summed E-state index contributed by atoms with van der Waals surface area (Å²) in [5.74, 6) is 1.25. The average molecular weight is 351 g/mol. The molecule has 1 aromatic heterocycles. The zero-order chi connectivity index (χ0) is 16.7. The van der Waals surface area contributed by atoms with Crippen LogP contribution in [-0.4, -0.2) is 13.4 Å². The van der Waals surface area contributed by atoms with Crippen LogP contribution in [0.1, 0.15) is 34.6 Å². The quantitative estimate of drug-likeness (QED) is 0.577. The first-order chi connectivity index (χ1) is 11.8. The fourth-order valence-electron chi connectivity index (χ4n) is 3.81. The van der Waals surface area contributed by atoms with Crippen molar-refractivity contribution in [3.63, 3.8) is 0 Å². The number of thioether (sulfide) groups is 1. The van der Waals surface area contributed by atoms with E-state index in [9.17, 15) is 5.26 Å². The van der Waals surface area contributed by atoms with E-state index in [1.165, 1.54) is 27.0 Å². The van der Waals surface area contributed by atoms with Gasteiger partial charge in [0.05, 0.1) is 17.4 Å². The Morgan fingerprint density at radius 3 is 2.71 bits per heavy atom. The normalized spacial score (nSPS) is 16.1. The Kier molecular flexibility index (Phi) is 3.99. The van der Waals surface area contributed by atoms with E-state index >= 15 is 0 Å². The molecule has 3 aromatic rings. The van der Waals surface area contributed by atoms with Crippen LogP contribution in [0.25, 0.3) is 10.1 Å². The summed E-state index contributed by atoms with van der Waals surface area (Å²) in [6, 6.07) is 13.0. The van der Waals surface area contributed by atoms with Gasteiger partial charge in [0.15, 0.2) is 0 Å². The fourth-order valence-corrected chi connectivity index (χ4v) is 5.64. The minimum atomic E-state index is 0.366. The lowest BCUT2D eigenvalue weighted by atomic mass is 9.91. The van der Waals surface area contributed by atoms with Crippen molar-refractivity contribution in [1.29, 1.82) is 5.26 Å². The van der Waals surface area contributed by atoms with E-state index in [0.29, 0.717) is 5.92 Å². The van der Waals surface area contributed by atoms with E-state index < -0.39 is 0 Å². The molecule has 0 radical (unpaired) electrons. The van der Waals surface area contributed by atoms with Crippen molar-refractivity contribution < 1.29 is 4.74 Å². The molecule has 4 heteroatoms. The summed E-state index contributed by atoms with van der Waals surface area (Å²) in [5.41, 5.74) is 4.97. The van der Waals surface area contributed by atoms with E-state index in [4.69, 9.17) is 4.74 Å². The second-order valence-electron chi connectivity index (χ2n) is 5.94. The van der Waals surface area contributed by atoms with Crippen LogP contribution in [0.2, 0.25) is 0 Å². The van der Waals surface area contributed by atoms with Gasteiger partial charge < -0.3 is 4.74 Å². The molecule has 1 aliphatic rings. The number of ether oxygens (including phenoxy) is 1. The van der Waals surface area contributed by atoms with E-state index in [0.717, 1.165) is 28.9 Å². The van der Waals surface area contributed by atoms with Gasteiger partial charge in [0.1, 0.15) is 11.8 Å². The van der Waals surface area contributed by atoms with Crippen molar-refractivity contribution >= 4 is 33.2 Å². The summed E-state index contributed by atoms with van der Waals surface area (Å²) in [6.07, 6.45) is 4.27. The number of aryl methyl sites for hydroxylation is 1.